The summed E-state index contributed by atoms with van der Waals surface area (Å²) in [6.07, 6.45) is 1.75. The summed E-state index contributed by atoms with van der Waals surface area (Å²) in [7, 11) is 1.74. The lowest BCUT2D eigenvalue weighted by Gasteiger charge is -2.31. The summed E-state index contributed by atoms with van der Waals surface area (Å²) in [6.45, 7) is 2.91. The number of aliphatic carboxylic acids is 1. The van der Waals surface area contributed by atoms with Crippen LogP contribution >= 0.6 is 0 Å². The molecule has 1 heterocycles. The van der Waals surface area contributed by atoms with Gasteiger partial charge in [-0.05, 0) is 12.8 Å². The Hall–Kier alpha value is -1.10. The Bertz CT molecular complexity index is 261. The summed E-state index contributed by atoms with van der Waals surface area (Å²) in [6, 6.07) is 0.197. The number of carboxylic acid groups (broad SMARTS) is 1. The van der Waals surface area contributed by atoms with E-state index in [1.54, 1.807) is 18.9 Å². The minimum atomic E-state index is -0.922. The van der Waals surface area contributed by atoms with Crippen LogP contribution in [-0.2, 0) is 14.3 Å². The zero-order valence-corrected chi connectivity index (χ0v) is 9.81. The van der Waals surface area contributed by atoms with Crippen LogP contribution in [-0.4, -0.2) is 48.2 Å². The molecule has 1 atom stereocenters. The minimum Gasteiger partial charge on any atom is -0.481 e. The largest absolute Gasteiger partial charge is 0.481 e. The lowest BCUT2D eigenvalue weighted by Crippen LogP contribution is -2.41. The average molecular weight is 229 g/mol. The average Bonchev–Trinajstić information content (AvgIpc) is 2.28. The van der Waals surface area contributed by atoms with Gasteiger partial charge in [0.1, 0.15) is 0 Å². The number of amides is 1. The Balaban J connectivity index is 2.43. The van der Waals surface area contributed by atoms with Gasteiger partial charge in [-0.25, -0.2) is 0 Å². The zero-order chi connectivity index (χ0) is 12.1. The van der Waals surface area contributed by atoms with Gasteiger partial charge >= 0.3 is 5.97 Å². The second kappa shape index (κ2) is 5.84. The number of carbonyl (C=O) groups excluding carboxylic acids is 1. The van der Waals surface area contributed by atoms with E-state index in [1.807, 2.05) is 0 Å². The van der Waals surface area contributed by atoms with Crippen LogP contribution in [0.4, 0.5) is 0 Å². The molecule has 1 N–H and O–H groups in total. The summed E-state index contributed by atoms with van der Waals surface area (Å²) in [5.41, 5.74) is 0. The molecule has 5 nitrogen and oxygen atoms in total. The van der Waals surface area contributed by atoms with Gasteiger partial charge < -0.3 is 14.7 Å². The molecule has 1 saturated heterocycles. The topological polar surface area (TPSA) is 66.8 Å². The zero-order valence-electron chi connectivity index (χ0n) is 9.81. The minimum absolute atomic E-state index is 0.0726. The molecule has 1 rings (SSSR count). The lowest BCUT2D eigenvalue weighted by atomic mass is 10.0. The van der Waals surface area contributed by atoms with Gasteiger partial charge in [0.2, 0.25) is 5.91 Å². The summed E-state index contributed by atoms with van der Waals surface area (Å²) in [4.78, 5) is 24.1. The first kappa shape index (κ1) is 13.0. The molecule has 1 amide bonds. The number of hydrogen-bond donors (Lipinski definition) is 1. The fraction of sp³-hybridized carbons (Fsp3) is 0.818. The molecule has 0 aromatic rings. The van der Waals surface area contributed by atoms with Crippen molar-refractivity contribution in [1.82, 2.24) is 4.90 Å². The third-order valence-corrected chi connectivity index (χ3v) is 3.03. The van der Waals surface area contributed by atoms with Crippen molar-refractivity contribution in [3.63, 3.8) is 0 Å². The molecule has 0 aromatic carbocycles. The van der Waals surface area contributed by atoms with E-state index < -0.39 is 11.9 Å². The number of ether oxygens (including phenoxy) is 1. The van der Waals surface area contributed by atoms with Crippen molar-refractivity contribution >= 4 is 11.9 Å². The summed E-state index contributed by atoms with van der Waals surface area (Å²) < 4.78 is 5.22. The number of nitrogens with zero attached hydrogens (tertiary/aromatic N) is 1. The van der Waals surface area contributed by atoms with Crippen LogP contribution in [0.5, 0.6) is 0 Å². The SMILES string of the molecule is CC(CC(=O)N(C)C1CCOCC1)C(=O)O. The highest BCUT2D eigenvalue weighted by Crippen LogP contribution is 2.15. The highest BCUT2D eigenvalue weighted by molar-refractivity contribution is 5.82. The van der Waals surface area contributed by atoms with Gasteiger partial charge in [-0.1, -0.05) is 6.92 Å². The first-order chi connectivity index (χ1) is 7.52. The van der Waals surface area contributed by atoms with Gasteiger partial charge in [0.25, 0.3) is 0 Å². The van der Waals surface area contributed by atoms with Gasteiger partial charge in [-0.2, -0.15) is 0 Å². The fourth-order valence-corrected chi connectivity index (χ4v) is 1.77. The molecule has 1 aliphatic heterocycles. The third-order valence-electron chi connectivity index (χ3n) is 3.03. The Kier molecular flexibility index (Phi) is 4.73. The van der Waals surface area contributed by atoms with Gasteiger partial charge in [0.15, 0.2) is 0 Å². The number of hydrogen-bond acceptors (Lipinski definition) is 3. The summed E-state index contributed by atoms with van der Waals surface area (Å²) in [5.74, 6) is -1.63. The smallest absolute Gasteiger partial charge is 0.306 e. The van der Waals surface area contributed by atoms with Crippen molar-refractivity contribution in [2.24, 2.45) is 5.92 Å². The predicted molar refractivity (Wildman–Crippen MR) is 58.0 cm³/mol. The van der Waals surface area contributed by atoms with E-state index in [0.29, 0.717) is 13.2 Å². The van der Waals surface area contributed by atoms with Crippen molar-refractivity contribution in [3.8, 4) is 0 Å². The van der Waals surface area contributed by atoms with Crippen LogP contribution in [0.1, 0.15) is 26.2 Å². The number of rotatable bonds is 4. The van der Waals surface area contributed by atoms with Gasteiger partial charge in [-0.15, -0.1) is 0 Å². The lowest BCUT2D eigenvalue weighted by molar-refractivity contribution is -0.146. The van der Waals surface area contributed by atoms with Crippen LogP contribution in [0.25, 0.3) is 0 Å². The van der Waals surface area contributed by atoms with E-state index >= 15 is 0 Å². The maximum Gasteiger partial charge on any atom is 0.306 e. The molecule has 0 radical (unpaired) electrons. The van der Waals surface area contributed by atoms with Crippen molar-refractivity contribution in [1.29, 1.82) is 0 Å². The highest BCUT2D eigenvalue weighted by atomic mass is 16.5. The van der Waals surface area contributed by atoms with Crippen LogP contribution in [0.3, 0.4) is 0 Å². The van der Waals surface area contributed by atoms with Gasteiger partial charge in [0.05, 0.1) is 5.92 Å². The number of carboxylic acids is 1. The van der Waals surface area contributed by atoms with E-state index in [0.717, 1.165) is 12.8 Å². The monoisotopic (exact) mass is 229 g/mol. The first-order valence-corrected chi connectivity index (χ1v) is 5.58. The van der Waals surface area contributed by atoms with Gasteiger partial charge in [-0.3, -0.25) is 9.59 Å². The van der Waals surface area contributed by atoms with E-state index in [4.69, 9.17) is 9.84 Å². The molecular formula is C11H19NO4. The van der Waals surface area contributed by atoms with E-state index in [9.17, 15) is 9.59 Å². The maximum atomic E-state index is 11.8. The predicted octanol–water partition coefficient (Wildman–Crippen LogP) is 0.735. The molecule has 1 aliphatic rings. The summed E-state index contributed by atoms with van der Waals surface area (Å²) in [5, 5.41) is 8.73. The van der Waals surface area contributed by atoms with Crippen LogP contribution in [0.2, 0.25) is 0 Å². The maximum absolute atomic E-state index is 11.8. The van der Waals surface area contributed by atoms with Crippen molar-refractivity contribution in [2.75, 3.05) is 20.3 Å². The highest BCUT2D eigenvalue weighted by Gasteiger charge is 2.25. The molecule has 0 saturated carbocycles. The molecule has 1 unspecified atom stereocenters. The van der Waals surface area contributed by atoms with Crippen LogP contribution in [0, 0.1) is 5.92 Å². The molecule has 5 heteroatoms. The summed E-state index contributed by atoms with van der Waals surface area (Å²) >= 11 is 0. The molecule has 92 valence electrons. The van der Waals surface area contributed by atoms with E-state index in [1.165, 1.54) is 0 Å². The van der Waals surface area contributed by atoms with E-state index in [-0.39, 0.29) is 18.4 Å². The molecule has 0 bridgehead atoms. The molecular weight excluding hydrogens is 210 g/mol. The van der Waals surface area contributed by atoms with Gasteiger partial charge in [0, 0.05) is 32.7 Å². The normalized spacial score (nSPS) is 19.1. The van der Waals surface area contributed by atoms with Crippen LogP contribution < -0.4 is 0 Å². The molecule has 0 aliphatic carbocycles. The quantitative estimate of drug-likeness (QED) is 0.772. The Morgan fingerprint density at radius 3 is 2.50 bits per heavy atom. The standard InChI is InChI=1S/C11H19NO4/c1-8(11(14)15)7-10(13)12(2)9-3-5-16-6-4-9/h8-9H,3-7H2,1-2H3,(H,14,15). The molecule has 0 aromatic heterocycles. The molecule has 0 spiro atoms. The second-order valence-corrected chi connectivity index (χ2v) is 4.29. The third kappa shape index (κ3) is 3.48. The van der Waals surface area contributed by atoms with Crippen molar-refractivity contribution in [2.45, 2.75) is 32.2 Å². The molecule has 16 heavy (non-hydrogen) atoms. The Morgan fingerprint density at radius 1 is 1.44 bits per heavy atom. The Labute approximate surface area is 95.4 Å². The second-order valence-electron chi connectivity index (χ2n) is 4.29. The Morgan fingerprint density at radius 2 is 2.00 bits per heavy atom. The number of carbonyl (C=O) groups is 2. The first-order valence-electron chi connectivity index (χ1n) is 5.58. The van der Waals surface area contributed by atoms with E-state index in [2.05, 4.69) is 0 Å². The van der Waals surface area contributed by atoms with Crippen LogP contribution in [0.15, 0.2) is 0 Å². The van der Waals surface area contributed by atoms with Crippen molar-refractivity contribution in [3.05, 3.63) is 0 Å². The molecule has 1 fully saturated rings. The van der Waals surface area contributed by atoms with Crippen molar-refractivity contribution < 1.29 is 19.4 Å². The fourth-order valence-electron chi connectivity index (χ4n) is 1.77.